The van der Waals surface area contributed by atoms with Crippen molar-refractivity contribution in [2.75, 3.05) is 44.8 Å². The predicted molar refractivity (Wildman–Crippen MR) is 125 cm³/mol. The molecule has 1 fully saturated rings. The van der Waals surface area contributed by atoms with Gasteiger partial charge in [-0.2, -0.15) is 10.4 Å². The van der Waals surface area contributed by atoms with Gasteiger partial charge in [0.25, 0.3) is 0 Å². The molecule has 4 rings (SSSR count). The van der Waals surface area contributed by atoms with E-state index in [1.807, 2.05) is 31.3 Å². The molecule has 1 saturated heterocycles. The summed E-state index contributed by atoms with van der Waals surface area (Å²) in [5, 5.41) is 17.2. The number of aromatic nitrogens is 3. The molecule has 31 heavy (non-hydrogen) atoms. The minimum Gasteiger partial charge on any atom is -0.489 e. The maximum Gasteiger partial charge on any atom is 0.138 e. The van der Waals surface area contributed by atoms with Gasteiger partial charge >= 0.3 is 0 Å². The molecule has 0 bridgehead atoms. The van der Waals surface area contributed by atoms with Crippen LogP contribution in [0, 0.1) is 11.3 Å². The van der Waals surface area contributed by atoms with Crippen LogP contribution in [0.15, 0.2) is 36.8 Å². The molecule has 3 aromatic heterocycles. The fourth-order valence-electron chi connectivity index (χ4n) is 3.39. The smallest absolute Gasteiger partial charge is 0.138 e. The molecule has 1 aliphatic heterocycles. The second-order valence-electron chi connectivity index (χ2n) is 7.05. The third-order valence-corrected chi connectivity index (χ3v) is 5.09. The average Bonchev–Trinajstić information content (AvgIpc) is 3.20. The quantitative estimate of drug-likeness (QED) is 0.599. The summed E-state index contributed by atoms with van der Waals surface area (Å²) in [6.07, 6.45) is 5.18. The molecule has 166 valence electrons. The van der Waals surface area contributed by atoms with E-state index in [1.165, 1.54) is 0 Å². The molecule has 0 aliphatic carbocycles. The molecule has 1 atom stereocenters. The highest BCUT2D eigenvalue weighted by Gasteiger charge is 2.16. The summed E-state index contributed by atoms with van der Waals surface area (Å²) in [5.74, 6) is 1.62. The Balaban J connectivity index is 0.00000171. The number of rotatable bonds is 6. The average molecular weight is 465 g/mol. The second-order valence-corrected chi connectivity index (χ2v) is 7.05. The van der Waals surface area contributed by atoms with E-state index in [-0.39, 0.29) is 30.9 Å². The Hall–Kier alpha value is -2.57. The van der Waals surface area contributed by atoms with Crippen LogP contribution in [-0.4, -0.2) is 60.6 Å². The van der Waals surface area contributed by atoms with Crippen LogP contribution < -0.4 is 15.0 Å². The van der Waals surface area contributed by atoms with Gasteiger partial charge in [0.1, 0.15) is 24.2 Å². The van der Waals surface area contributed by atoms with Crippen molar-refractivity contribution in [1.29, 1.82) is 5.26 Å². The Bertz CT molecular complexity index is 1030. The van der Waals surface area contributed by atoms with E-state index < -0.39 is 0 Å². The molecule has 0 unspecified atom stereocenters. The first kappa shape index (κ1) is 24.7. The molecule has 0 spiro atoms. The number of nitrogens with one attached hydrogen (secondary N) is 1. The number of pyridine rings is 2. The lowest BCUT2D eigenvalue weighted by molar-refractivity contribution is 0.0715. The zero-order valence-corrected chi connectivity index (χ0v) is 19.1. The van der Waals surface area contributed by atoms with Gasteiger partial charge in [-0.3, -0.25) is 0 Å². The topological polar surface area (TPSA) is 87.7 Å². The van der Waals surface area contributed by atoms with E-state index >= 15 is 0 Å². The number of nitriles is 1. The zero-order chi connectivity index (χ0) is 20.2. The second kappa shape index (κ2) is 11.2. The van der Waals surface area contributed by atoms with E-state index in [2.05, 4.69) is 26.4 Å². The molecule has 0 saturated carbocycles. The first-order chi connectivity index (χ1) is 14.2. The summed E-state index contributed by atoms with van der Waals surface area (Å²) in [6, 6.07) is 8.22. The van der Waals surface area contributed by atoms with Crippen molar-refractivity contribution >= 4 is 36.1 Å². The normalized spacial score (nSPS) is 14.3. The van der Waals surface area contributed by atoms with Crippen LogP contribution in [0.3, 0.4) is 0 Å². The van der Waals surface area contributed by atoms with Crippen molar-refractivity contribution in [2.24, 2.45) is 0 Å². The minimum absolute atomic E-state index is 0. The third kappa shape index (κ3) is 5.38. The molecule has 3 aromatic rings. The van der Waals surface area contributed by atoms with Crippen LogP contribution in [0.4, 0.5) is 5.82 Å². The number of ether oxygens (including phenoxy) is 2. The molecule has 8 nitrogen and oxygen atoms in total. The van der Waals surface area contributed by atoms with E-state index in [4.69, 9.17) is 9.47 Å². The molecule has 1 N–H and O–H groups in total. The molecule has 0 amide bonds. The van der Waals surface area contributed by atoms with Gasteiger partial charge in [-0.25, -0.2) is 9.50 Å². The number of methoxy groups -OCH3 is 1. The molecular formula is C21H26Cl2N6O2. The SMILES string of the molecule is CO[C@H](C)COc1cc(-c2ccc(N3CCNCC3)nc2)c2c(C#N)cnn2c1.Cl.Cl. The van der Waals surface area contributed by atoms with Crippen molar-refractivity contribution in [3.8, 4) is 22.9 Å². The van der Waals surface area contributed by atoms with Gasteiger partial charge in [0.05, 0.1) is 29.6 Å². The van der Waals surface area contributed by atoms with Crippen molar-refractivity contribution in [2.45, 2.75) is 13.0 Å². The Labute approximate surface area is 194 Å². The number of fused-ring (bicyclic) bond motifs is 1. The minimum atomic E-state index is -0.0265. The number of hydrogen-bond acceptors (Lipinski definition) is 7. The third-order valence-electron chi connectivity index (χ3n) is 5.09. The Kier molecular flexibility index (Phi) is 8.89. The summed E-state index contributed by atoms with van der Waals surface area (Å²) in [5.41, 5.74) is 3.04. The lowest BCUT2D eigenvalue weighted by Crippen LogP contribution is -2.43. The summed E-state index contributed by atoms with van der Waals surface area (Å²) in [4.78, 5) is 6.93. The molecule has 1 aliphatic rings. The first-order valence-corrected chi connectivity index (χ1v) is 9.68. The van der Waals surface area contributed by atoms with Gasteiger partial charge in [0.15, 0.2) is 0 Å². The summed E-state index contributed by atoms with van der Waals surface area (Å²) in [6.45, 7) is 6.18. The van der Waals surface area contributed by atoms with Crippen molar-refractivity contribution in [3.63, 3.8) is 0 Å². The van der Waals surface area contributed by atoms with Crippen LogP contribution in [0.25, 0.3) is 16.6 Å². The number of nitrogens with zero attached hydrogens (tertiary/aromatic N) is 5. The number of halogens is 2. The summed E-state index contributed by atoms with van der Waals surface area (Å²) < 4.78 is 12.8. The van der Waals surface area contributed by atoms with Gasteiger partial charge in [-0.05, 0) is 25.1 Å². The van der Waals surface area contributed by atoms with Crippen molar-refractivity contribution in [1.82, 2.24) is 19.9 Å². The largest absolute Gasteiger partial charge is 0.489 e. The van der Waals surface area contributed by atoms with Crippen LogP contribution in [0.2, 0.25) is 0 Å². The lowest BCUT2D eigenvalue weighted by Gasteiger charge is -2.28. The molecule has 4 heterocycles. The zero-order valence-electron chi connectivity index (χ0n) is 17.4. The van der Waals surface area contributed by atoms with Gasteiger partial charge in [-0.15, -0.1) is 24.8 Å². The van der Waals surface area contributed by atoms with Crippen molar-refractivity contribution < 1.29 is 9.47 Å². The monoisotopic (exact) mass is 464 g/mol. The fourth-order valence-corrected chi connectivity index (χ4v) is 3.39. The van der Waals surface area contributed by atoms with Gasteiger partial charge in [0.2, 0.25) is 0 Å². The van der Waals surface area contributed by atoms with Crippen LogP contribution >= 0.6 is 24.8 Å². The van der Waals surface area contributed by atoms with E-state index in [0.29, 0.717) is 17.9 Å². The predicted octanol–water partition coefficient (Wildman–Crippen LogP) is 2.93. The Morgan fingerprint density at radius 3 is 2.65 bits per heavy atom. The Morgan fingerprint density at radius 1 is 1.23 bits per heavy atom. The van der Waals surface area contributed by atoms with Gasteiger partial charge in [0, 0.05) is 50.6 Å². The van der Waals surface area contributed by atoms with Crippen molar-refractivity contribution in [3.05, 3.63) is 42.4 Å². The van der Waals surface area contributed by atoms with E-state index in [1.54, 1.807) is 24.0 Å². The first-order valence-electron chi connectivity index (χ1n) is 9.68. The van der Waals surface area contributed by atoms with Gasteiger partial charge < -0.3 is 19.7 Å². The van der Waals surface area contributed by atoms with Crippen LogP contribution in [0.1, 0.15) is 12.5 Å². The summed E-state index contributed by atoms with van der Waals surface area (Å²) >= 11 is 0. The molecular weight excluding hydrogens is 439 g/mol. The standard InChI is InChI=1S/C21H24N6O2.2ClH/c1-15(28-2)14-29-18-9-19(21-17(10-22)12-25-27(21)13-18)16-3-4-20(24-11-16)26-7-5-23-6-8-26;;/h3-4,9,11-13,15,23H,5-8,14H2,1-2H3;2*1H/t15-;;/m1../s1. The lowest BCUT2D eigenvalue weighted by atomic mass is 10.1. The number of hydrogen-bond donors (Lipinski definition) is 1. The van der Waals surface area contributed by atoms with Crippen LogP contribution in [0.5, 0.6) is 5.75 Å². The highest BCUT2D eigenvalue weighted by atomic mass is 35.5. The molecule has 0 aromatic carbocycles. The highest BCUT2D eigenvalue weighted by molar-refractivity contribution is 5.86. The highest BCUT2D eigenvalue weighted by Crippen LogP contribution is 2.31. The van der Waals surface area contributed by atoms with Crippen LogP contribution in [-0.2, 0) is 4.74 Å². The molecule has 0 radical (unpaired) electrons. The number of piperazine rings is 1. The summed E-state index contributed by atoms with van der Waals surface area (Å²) in [7, 11) is 1.65. The van der Waals surface area contributed by atoms with E-state index in [9.17, 15) is 5.26 Å². The van der Waals surface area contributed by atoms with Gasteiger partial charge in [-0.1, -0.05) is 0 Å². The Morgan fingerprint density at radius 2 is 2.00 bits per heavy atom. The molecule has 10 heteroatoms. The fraction of sp³-hybridized carbons (Fsp3) is 0.381. The maximum absolute atomic E-state index is 9.51. The maximum atomic E-state index is 9.51. The number of anilines is 1. The van der Waals surface area contributed by atoms with E-state index in [0.717, 1.165) is 48.6 Å².